The summed E-state index contributed by atoms with van der Waals surface area (Å²) in [5.41, 5.74) is 3.87. The van der Waals surface area contributed by atoms with Gasteiger partial charge in [-0.15, -0.1) is 0 Å². The summed E-state index contributed by atoms with van der Waals surface area (Å²) in [7, 11) is 0. The van der Waals surface area contributed by atoms with Gasteiger partial charge in [-0.3, -0.25) is 4.90 Å². The Kier molecular flexibility index (Phi) is 4.98. The molecule has 27 heavy (non-hydrogen) atoms. The second-order valence-corrected chi connectivity index (χ2v) is 6.71. The predicted molar refractivity (Wildman–Crippen MR) is 103 cm³/mol. The van der Waals surface area contributed by atoms with Gasteiger partial charge in [0.05, 0.1) is 0 Å². The van der Waals surface area contributed by atoms with Crippen LogP contribution in [0.3, 0.4) is 0 Å². The van der Waals surface area contributed by atoms with Crippen LogP contribution in [0.1, 0.15) is 5.56 Å². The average Bonchev–Trinajstić information content (AvgIpc) is 2.71. The van der Waals surface area contributed by atoms with E-state index < -0.39 is 0 Å². The zero-order valence-electron chi connectivity index (χ0n) is 14.9. The molecule has 0 amide bonds. The molecule has 138 valence electrons. The second kappa shape index (κ2) is 7.72. The Morgan fingerprint density at radius 3 is 2.30 bits per heavy atom. The highest BCUT2D eigenvalue weighted by atomic mass is 19.1. The van der Waals surface area contributed by atoms with E-state index in [-0.39, 0.29) is 5.82 Å². The average molecular weight is 364 g/mol. The first-order chi connectivity index (χ1) is 13.2. The Labute approximate surface area is 157 Å². The first-order valence-electron chi connectivity index (χ1n) is 8.99. The first kappa shape index (κ1) is 17.4. The molecule has 1 aliphatic rings. The van der Waals surface area contributed by atoms with Crippen molar-refractivity contribution in [1.82, 2.24) is 14.9 Å². The molecule has 1 fully saturated rings. The maximum Gasteiger partial charge on any atom is 0.123 e. The van der Waals surface area contributed by atoms with Gasteiger partial charge in [-0.2, -0.15) is 0 Å². The molecule has 5 nitrogen and oxygen atoms in total. The van der Waals surface area contributed by atoms with E-state index in [0.717, 1.165) is 48.6 Å². The molecule has 2 heterocycles. The third-order valence-electron chi connectivity index (χ3n) is 4.93. The molecule has 0 atom stereocenters. The van der Waals surface area contributed by atoms with Gasteiger partial charge in [0.2, 0.25) is 0 Å². The third kappa shape index (κ3) is 4.06. The molecule has 2 aromatic carbocycles. The van der Waals surface area contributed by atoms with Crippen LogP contribution in [0.15, 0.2) is 61.2 Å². The Morgan fingerprint density at radius 1 is 0.889 bits per heavy atom. The molecule has 0 unspecified atom stereocenters. The van der Waals surface area contributed by atoms with E-state index in [0.29, 0.717) is 12.3 Å². The highest BCUT2D eigenvalue weighted by Crippen LogP contribution is 2.27. The van der Waals surface area contributed by atoms with Crippen LogP contribution >= 0.6 is 0 Å². The lowest BCUT2D eigenvalue weighted by atomic mass is 10.0. The van der Waals surface area contributed by atoms with E-state index in [1.54, 1.807) is 18.5 Å². The molecule has 1 aromatic heterocycles. The summed E-state index contributed by atoms with van der Waals surface area (Å²) < 4.78 is 13.1. The Morgan fingerprint density at radius 2 is 1.59 bits per heavy atom. The van der Waals surface area contributed by atoms with Crippen molar-refractivity contribution in [2.75, 3.05) is 31.1 Å². The van der Waals surface area contributed by atoms with Gasteiger partial charge in [0.15, 0.2) is 0 Å². The minimum Gasteiger partial charge on any atom is -0.508 e. The van der Waals surface area contributed by atoms with Crippen LogP contribution in [-0.2, 0) is 6.54 Å². The SMILES string of the molecule is Oc1ccc(-c2cncnc2)cc1CN1CCN(c2ccc(F)cc2)CC1. The fraction of sp³-hybridized carbons (Fsp3) is 0.238. The second-order valence-electron chi connectivity index (χ2n) is 6.71. The van der Waals surface area contributed by atoms with Crippen LogP contribution in [0.4, 0.5) is 10.1 Å². The van der Waals surface area contributed by atoms with Crippen LogP contribution < -0.4 is 4.90 Å². The number of hydrogen-bond acceptors (Lipinski definition) is 5. The van der Waals surface area contributed by atoms with Gasteiger partial charge >= 0.3 is 0 Å². The topological polar surface area (TPSA) is 52.5 Å². The van der Waals surface area contributed by atoms with Gasteiger partial charge in [0.25, 0.3) is 0 Å². The van der Waals surface area contributed by atoms with Crippen molar-refractivity contribution < 1.29 is 9.50 Å². The number of nitrogens with zero attached hydrogens (tertiary/aromatic N) is 4. The van der Waals surface area contributed by atoms with Gasteiger partial charge in [0.1, 0.15) is 17.9 Å². The molecule has 0 bridgehead atoms. The molecule has 3 aromatic rings. The summed E-state index contributed by atoms with van der Waals surface area (Å²) in [6, 6.07) is 12.2. The van der Waals surface area contributed by atoms with Crippen molar-refractivity contribution in [2.45, 2.75) is 6.54 Å². The molecule has 1 saturated heterocycles. The number of anilines is 1. The van der Waals surface area contributed by atoms with Crippen LogP contribution in [0, 0.1) is 5.82 Å². The predicted octanol–water partition coefficient (Wildman–Crippen LogP) is 3.31. The summed E-state index contributed by atoms with van der Waals surface area (Å²) >= 11 is 0. The molecule has 0 saturated carbocycles. The minimum absolute atomic E-state index is 0.212. The van der Waals surface area contributed by atoms with Crippen molar-refractivity contribution in [3.63, 3.8) is 0 Å². The van der Waals surface area contributed by atoms with Crippen LogP contribution in [-0.4, -0.2) is 46.2 Å². The number of aromatic hydroxyl groups is 1. The zero-order chi connectivity index (χ0) is 18.6. The lowest BCUT2D eigenvalue weighted by Crippen LogP contribution is -2.45. The molecule has 1 aliphatic heterocycles. The molecular weight excluding hydrogens is 343 g/mol. The number of phenols is 1. The monoisotopic (exact) mass is 364 g/mol. The fourth-order valence-corrected chi connectivity index (χ4v) is 3.40. The molecular formula is C21H21FN4O. The molecule has 6 heteroatoms. The quantitative estimate of drug-likeness (QED) is 0.770. The van der Waals surface area contributed by atoms with E-state index in [1.165, 1.54) is 18.5 Å². The van der Waals surface area contributed by atoms with Gasteiger partial charge < -0.3 is 10.0 Å². The van der Waals surface area contributed by atoms with Crippen LogP contribution in [0.2, 0.25) is 0 Å². The van der Waals surface area contributed by atoms with Gasteiger partial charge in [-0.25, -0.2) is 14.4 Å². The Balaban J connectivity index is 1.42. The van der Waals surface area contributed by atoms with Gasteiger partial charge in [-0.1, -0.05) is 6.07 Å². The number of phenolic OH excluding ortho intramolecular Hbond substituents is 1. The number of benzene rings is 2. The molecule has 0 aliphatic carbocycles. The van der Waals surface area contributed by atoms with Crippen molar-refractivity contribution >= 4 is 5.69 Å². The zero-order valence-corrected chi connectivity index (χ0v) is 14.9. The lowest BCUT2D eigenvalue weighted by molar-refractivity contribution is 0.247. The van der Waals surface area contributed by atoms with Crippen LogP contribution in [0.5, 0.6) is 5.75 Å². The van der Waals surface area contributed by atoms with Crippen molar-refractivity contribution in [3.05, 3.63) is 72.6 Å². The van der Waals surface area contributed by atoms with Crippen LogP contribution in [0.25, 0.3) is 11.1 Å². The molecule has 0 radical (unpaired) electrons. The van der Waals surface area contributed by atoms with E-state index in [9.17, 15) is 9.50 Å². The van der Waals surface area contributed by atoms with Crippen molar-refractivity contribution in [2.24, 2.45) is 0 Å². The van der Waals surface area contributed by atoms with Gasteiger partial charge in [0, 0.05) is 61.9 Å². The van der Waals surface area contributed by atoms with E-state index in [4.69, 9.17) is 0 Å². The van der Waals surface area contributed by atoms with Crippen molar-refractivity contribution in [3.8, 4) is 16.9 Å². The van der Waals surface area contributed by atoms with E-state index in [1.807, 2.05) is 24.3 Å². The number of rotatable bonds is 4. The largest absolute Gasteiger partial charge is 0.508 e. The molecule has 1 N–H and O–H groups in total. The fourth-order valence-electron chi connectivity index (χ4n) is 3.40. The smallest absolute Gasteiger partial charge is 0.123 e. The number of piperazine rings is 1. The summed E-state index contributed by atoms with van der Waals surface area (Å²) in [4.78, 5) is 12.7. The summed E-state index contributed by atoms with van der Waals surface area (Å²) in [6.45, 7) is 4.20. The number of halogens is 1. The maximum absolute atomic E-state index is 13.1. The summed E-state index contributed by atoms with van der Waals surface area (Å²) in [5.74, 6) is 0.0909. The highest BCUT2D eigenvalue weighted by Gasteiger charge is 2.18. The Bertz CT molecular complexity index is 894. The van der Waals surface area contributed by atoms with E-state index >= 15 is 0 Å². The highest BCUT2D eigenvalue weighted by molar-refractivity contribution is 5.63. The lowest BCUT2D eigenvalue weighted by Gasteiger charge is -2.36. The van der Waals surface area contributed by atoms with E-state index in [2.05, 4.69) is 19.8 Å². The first-order valence-corrected chi connectivity index (χ1v) is 8.99. The number of hydrogen-bond donors (Lipinski definition) is 1. The molecule has 4 rings (SSSR count). The number of aromatic nitrogens is 2. The molecule has 0 spiro atoms. The maximum atomic E-state index is 13.1. The van der Waals surface area contributed by atoms with Crippen molar-refractivity contribution in [1.29, 1.82) is 0 Å². The minimum atomic E-state index is -0.212. The summed E-state index contributed by atoms with van der Waals surface area (Å²) in [6.07, 6.45) is 5.04. The van der Waals surface area contributed by atoms with Gasteiger partial charge in [-0.05, 0) is 42.0 Å². The summed E-state index contributed by atoms with van der Waals surface area (Å²) in [5, 5.41) is 10.3. The third-order valence-corrected chi connectivity index (χ3v) is 4.93. The normalized spacial score (nSPS) is 15.1. The standard InChI is InChI=1S/C21H21FN4O/c22-19-2-4-20(5-3-19)26-9-7-25(8-10-26)14-17-11-16(1-6-21(17)27)18-12-23-15-24-13-18/h1-6,11-13,15,27H,7-10,14H2. The Hall–Kier alpha value is -2.99.